The lowest BCUT2D eigenvalue weighted by Gasteiger charge is -2.32. The van der Waals surface area contributed by atoms with E-state index in [0.29, 0.717) is 25.6 Å². The Balaban J connectivity index is 1.59. The number of piperazine rings is 1. The number of carbonyl (C=O) groups excluding carboxylic acids is 1. The molecule has 2 aromatic rings. The van der Waals surface area contributed by atoms with Gasteiger partial charge < -0.3 is 19.9 Å². The maximum absolute atomic E-state index is 10.8. The first-order chi connectivity index (χ1) is 11.8. The number of methoxy groups -OCH3 is 1. The number of aromatic nitrogens is 2. The van der Waals surface area contributed by atoms with Crippen LogP contribution in [0.3, 0.4) is 0 Å². The number of benzene rings is 1. The van der Waals surface area contributed by atoms with Gasteiger partial charge in [0, 0.05) is 38.9 Å². The lowest BCUT2D eigenvalue weighted by Crippen LogP contribution is -2.46. The van der Waals surface area contributed by atoms with Crippen LogP contribution in [0, 0.1) is 0 Å². The summed E-state index contributed by atoms with van der Waals surface area (Å²) in [6.07, 6.45) is 2.65. The number of anilines is 2. The van der Waals surface area contributed by atoms with E-state index in [1.54, 1.807) is 18.2 Å². The molecule has 3 rings (SSSR count). The Morgan fingerprint density at radius 1 is 1.17 bits per heavy atom. The van der Waals surface area contributed by atoms with E-state index >= 15 is 0 Å². The normalized spacial score (nSPS) is 14.4. The van der Waals surface area contributed by atoms with E-state index in [1.807, 2.05) is 30.3 Å². The summed E-state index contributed by atoms with van der Waals surface area (Å²) in [5.41, 5.74) is 1.15. The summed E-state index contributed by atoms with van der Waals surface area (Å²) in [4.78, 5) is 23.5. The van der Waals surface area contributed by atoms with E-state index < -0.39 is 0 Å². The number of nitrogens with one attached hydrogen (secondary N) is 1. The molecule has 1 saturated heterocycles. The Kier molecular flexibility index (Phi) is 5.10. The smallest absolute Gasteiger partial charge is 0.227 e. The predicted octanol–water partition coefficient (Wildman–Crippen LogP) is 1.38. The maximum atomic E-state index is 10.8. The fourth-order valence-electron chi connectivity index (χ4n) is 2.56. The van der Waals surface area contributed by atoms with Gasteiger partial charge in [0.15, 0.2) is 0 Å². The Hall–Kier alpha value is -2.83. The van der Waals surface area contributed by atoms with Crippen molar-refractivity contribution in [3.8, 4) is 5.75 Å². The average Bonchev–Trinajstić information content (AvgIpc) is 2.67. The van der Waals surface area contributed by atoms with Crippen LogP contribution < -0.4 is 15.0 Å². The molecule has 1 amide bonds. The second-order valence-corrected chi connectivity index (χ2v) is 5.57. The van der Waals surface area contributed by atoms with Crippen molar-refractivity contribution in [2.75, 3.05) is 43.5 Å². The third kappa shape index (κ3) is 3.92. The zero-order valence-corrected chi connectivity index (χ0v) is 13.7. The van der Waals surface area contributed by atoms with Gasteiger partial charge in [-0.15, -0.1) is 0 Å². The summed E-state index contributed by atoms with van der Waals surface area (Å²) in [5.74, 6) is 2.33. The van der Waals surface area contributed by atoms with Gasteiger partial charge in [0.05, 0.1) is 7.11 Å². The Morgan fingerprint density at radius 3 is 2.58 bits per heavy atom. The Labute approximate surface area is 141 Å². The second kappa shape index (κ2) is 7.63. The number of ether oxygens (including phenoxy) is 1. The Morgan fingerprint density at radius 2 is 1.92 bits per heavy atom. The number of hydrogen-bond acceptors (Lipinski definition) is 6. The first kappa shape index (κ1) is 16.0. The second-order valence-electron chi connectivity index (χ2n) is 5.57. The molecule has 7 nitrogen and oxygen atoms in total. The molecule has 24 heavy (non-hydrogen) atoms. The highest BCUT2D eigenvalue weighted by molar-refractivity contribution is 5.49. The zero-order valence-electron chi connectivity index (χ0n) is 13.7. The van der Waals surface area contributed by atoms with E-state index in [9.17, 15) is 4.79 Å². The van der Waals surface area contributed by atoms with Crippen LogP contribution in [0.2, 0.25) is 0 Å². The molecule has 1 N–H and O–H groups in total. The predicted molar refractivity (Wildman–Crippen MR) is 92.2 cm³/mol. The van der Waals surface area contributed by atoms with Gasteiger partial charge >= 0.3 is 0 Å². The SMILES string of the molecule is COc1ccc(CNc2ccnc(N3CCN(C=O)CC3)n2)cc1. The summed E-state index contributed by atoms with van der Waals surface area (Å²) in [6, 6.07) is 9.78. The van der Waals surface area contributed by atoms with Crippen LogP contribution in [-0.4, -0.2) is 54.6 Å². The molecule has 126 valence electrons. The number of carbonyl (C=O) groups is 1. The molecule has 1 aliphatic rings. The van der Waals surface area contributed by atoms with Crippen molar-refractivity contribution in [2.45, 2.75) is 6.54 Å². The summed E-state index contributed by atoms with van der Waals surface area (Å²) in [7, 11) is 1.66. The molecule has 1 aromatic carbocycles. The van der Waals surface area contributed by atoms with Crippen LogP contribution in [-0.2, 0) is 11.3 Å². The van der Waals surface area contributed by atoms with Gasteiger partial charge in [0.25, 0.3) is 0 Å². The molecule has 0 saturated carbocycles. The van der Waals surface area contributed by atoms with Crippen LogP contribution in [0.4, 0.5) is 11.8 Å². The largest absolute Gasteiger partial charge is 0.497 e. The van der Waals surface area contributed by atoms with E-state index in [-0.39, 0.29) is 0 Å². The van der Waals surface area contributed by atoms with Crippen LogP contribution in [0.5, 0.6) is 5.75 Å². The molecule has 0 radical (unpaired) electrons. The summed E-state index contributed by atoms with van der Waals surface area (Å²) < 4.78 is 5.16. The topological polar surface area (TPSA) is 70.6 Å². The summed E-state index contributed by atoms with van der Waals surface area (Å²) >= 11 is 0. The maximum Gasteiger partial charge on any atom is 0.227 e. The molecule has 0 atom stereocenters. The molecule has 1 aliphatic heterocycles. The average molecular weight is 327 g/mol. The number of rotatable bonds is 6. The van der Waals surface area contributed by atoms with Crippen molar-refractivity contribution >= 4 is 18.2 Å². The molecular weight excluding hydrogens is 306 g/mol. The van der Waals surface area contributed by atoms with Gasteiger partial charge in [-0.1, -0.05) is 12.1 Å². The molecule has 1 aromatic heterocycles. The standard InChI is InChI=1S/C17H21N5O2/c1-24-15-4-2-14(3-5-15)12-19-16-6-7-18-17(20-16)22-10-8-21(13-23)9-11-22/h2-7,13H,8-12H2,1H3,(H,18,19,20). The highest BCUT2D eigenvalue weighted by Gasteiger charge is 2.17. The van der Waals surface area contributed by atoms with Gasteiger partial charge in [-0.25, -0.2) is 4.98 Å². The molecule has 2 heterocycles. The van der Waals surface area contributed by atoms with Gasteiger partial charge in [0.2, 0.25) is 12.4 Å². The molecule has 0 aliphatic carbocycles. The molecule has 0 bridgehead atoms. The van der Waals surface area contributed by atoms with Crippen LogP contribution in [0.15, 0.2) is 36.5 Å². The van der Waals surface area contributed by atoms with Crippen LogP contribution in [0.1, 0.15) is 5.56 Å². The third-order valence-corrected chi connectivity index (χ3v) is 4.02. The van der Waals surface area contributed by atoms with Gasteiger partial charge in [-0.3, -0.25) is 4.79 Å². The first-order valence-electron chi connectivity index (χ1n) is 7.92. The van der Waals surface area contributed by atoms with Crippen molar-refractivity contribution in [3.63, 3.8) is 0 Å². The molecular formula is C17H21N5O2. The van der Waals surface area contributed by atoms with Crippen molar-refractivity contribution in [1.82, 2.24) is 14.9 Å². The highest BCUT2D eigenvalue weighted by Crippen LogP contribution is 2.15. The lowest BCUT2D eigenvalue weighted by atomic mass is 10.2. The molecule has 7 heteroatoms. The number of nitrogens with zero attached hydrogens (tertiary/aromatic N) is 4. The minimum atomic E-state index is 0.680. The van der Waals surface area contributed by atoms with Crippen molar-refractivity contribution < 1.29 is 9.53 Å². The third-order valence-electron chi connectivity index (χ3n) is 4.02. The minimum Gasteiger partial charge on any atom is -0.497 e. The highest BCUT2D eigenvalue weighted by atomic mass is 16.5. The molecule has 1 fully saturated rings. The van der Waals surface area contributed by atoms with E-state index in [4.69, 9.17) is 4.74 Å². The van der Waals surface area contributed by atoms with E-state index in [0.717, 1.165) is 36.6 Å². The molecule has 0 unspecified atom stereocenters. The lowest BCUT2D eigenvalue weighted by molar-refractivity contribution is -0.118. The van der Waals surface area contributed by atoms with Gasteiger partial charge in [-0.2, -0.15) is 4.98 Å². The fourth-order valence-corrected chi connectivity index (χ4v) is 2.56. The van der Waals surface area contributed by atoms with Gasteiger partial charge in [-0.05, 0) is 23.8 Å². The zero-order chi connectivity index (χ0) is 16.8. The minimum absolute atomic E-state index is 0.680. The number of amides is 1. The van der Waals surface area contributed by atoms with E-state index in [2.05, 4.69) is 20.2 Å². The van der Waals surface area contributed by atoms with Crippen LogP contribution >= 0.6 is 0 Å². The van der Waals surface area contributed by atoms with Crippen molar-refractivity contribution in [2.24, 2.45) is 0 Å². The number of hydrogen-bond donors (Lipinski definition) is 1. The van der Waals surface area contributed by atoms with E-state index in [1.165, 1.54) is 0 Å². The quantitative estimate of drug-likeness (QED) is 0.808. The summed E-state index contributed by atoms with van der Waals surface area (Å²) in [5, 5.41) is 3.31. The summed E-state index contributed by atoms with van der Waals surface area (Å²) in [6.45, 7) is 3.59. The monoisotopic (exact) mass is 327 g/mol. The first-order valence-corrected chi connectivity index (χ1v) is 7.92. The molecule has 0 spiro atoms. The van der Waals surface area contributed by atoms with Gasteiger partial charge in [0.1, 0.15) is 11.6 Å². The van der Waals surface area contributed by atoms with Crippen LogP contribution in [0.25, 0.3) is 0 Å². The van der Waals surface area contributed by atoms with Crippen molar-refractivity contribution in [1.29, 1.82) is 0 Å². The fraction of sp³-hybridized carbons (Fsp3) is 0.353. The Bertz CT molecular complexity index is 669. The van der Waals surface area contributed by atoms with Crippen molar-refractivity contribution in [3.05, 3.63) is 42.1 Å².